The minimum atomic E-state index is -0.604. The zero-order valence-electron chi connectivity index (χ0n) is 12.9. The predicted octanol–water partition coefficient (Wildman–Crippen LogP) is 0.691. The van der Waals surface area contributed by atoms with Gasteiger partial charge < -0.3 is 9.80 Å². The lowest BCUT2D eigenvalue weighted by molar-refractivity contribution is -0.143. The Morgan fingerprint density at radius 1 is 1.30 bits per heavy atom. The maximum Gasteiger partial charge on any atom is 0.247 e. The van der Waals surface area contributed by atoms with Crippen LogP contribution in [0.2, 0.25) is 0 Å². The molecule has 1 saturated heterocycles. The lowest BCUT2D eigenvalue weighted by Crippen LogP contribution is -2.66. The Morgan fingerprint density at radius 2 is 1.95 bits per heavy atom. The molecule has 20 heavy (non-hydrogen) atoms. The smallest absolute Gasteiger partial charge is 0.247 e. The molecular weight excluding hydrogens is 254 g/mol. The van der Waals surface area contributed by atoms with E-state index in [1.807, 2.05) is 25.8 Å². The van der Waals surface area contributed by atoms with Crippen LogP contribution in [0.3, 0.4) is 0 Å². The van der Waals surface area contributed by atoms with Gasteiger partial charge in [-0.25, -0.2) is 10.8 Å². The van der Waals surface area contributed by atoms with Crippen LogP contribution in [0.1, 0.15) is 46.0 Å². The lowest BCUT2D eigenvalue weighted by Gasteiger charge is -2.46. The van der Waals surface area contributed by atoms with E-state index >= 15 is 0 Å². The quantitative estimate of drug-likeness (QED) is 0.321. The number of piperazine rings is 1. The molecule has 1 aliphatic heterocycles. The predicted molar refractivity (Wildman–Crippen MR) is 80.1 cm³/mol. The number of nitrogens with zero attached hydrogens (tertiary/aromatic N) is 3. The molecule has 0 unspecified atom stereocenters. The molecule has 0 radical (unpaired) electrons. The Kier molecular flexibility index (Phi) is 4.52. The molecule has 1 aliphatic carbocycles. The Labute approximate surface area is 121 Å². The van der Waals surface area contributed by atoms with Crippen molar-refractivity contribution in [2.24, 2.45) is 10.8 Å². The molecule has 1 amide bonds. The second kappa shape index (κ2) is 5.99. The molecule has 0 aromatic rings. The van der Waals surface area contributed by atoms with E-state index in [2.05, 4.69) is 5.43 Å². The first-order valence-electron chi connectivity index (χ1n) is 7.54. The van der Waals surface area contributed by atoms with Crippen LogP contribution in [-0.2, 0) is 4.79 Å². The maximum absolute atomic E-state index is 12.3. The van der Waals surface area contributed by atoms with Gasteiger partial charge in [-0.1, -0.05) is 19.3 Å². The standard InChI is InChI=1S/C14H27N5O/c1-14(2)12(20)18(3)9-10-19(14)13(17-15)16-11-7-5-4-6-8-11/h11H,4-10,15H2,1-3H3,(H,16,17). The van der Waals surface area contributed by atoms with Crippen molar-refractivity contribution in [2.75, 3.05) is 20.1 Å². The fourth-order valence-corrected chi connectivity index (χ4v) is 3.15. The summed E-state index contributed by atoms with van der Waals surface area (Å²) >= 11 is 0. The Hall–Kier alpha value is -1.30. The molecule has 2 aliphatic rings. The topological polar surface area (TPSA) is 74.0 Å². The van der Waals surface area contributed by atoms with Gasteiger partial charge in [-0.2, -0.15) is 0 Å². The number of hydrogen-bond donors (Lipinski definition) is 2. The van der Waals surface area contributed by atoms with Crippen LogP contribution < -0.4 is 11.3 Å². The van der Waals surface area contributed by atoms with Gasteiger partial charge in [0, 0.05) is 20.1 Å². The zero-order chi connectivity index (χ0) is 14.8. The third kappa shape index (κ3) is 2.90. The fourth-order valence-electron chi connectivity index (χ4n) is 3.15. The monoisotopic (exact) mass is 281 g/mol. The average Bonchev–Trinajstić information content (AvgIpc) is 2.44. The maximum atomic E-state index is 12.3. The van der Waals surface area contributed by atoms with Crippen LogP contribution >= 0.6 is 0 Å². The number of hydrazine groups is 1. The van der Waals surface area contributed by atoms with Crippen LogP contribution in [-0.4, -0.2) is 53.4 Å². The minimum Gasteiger partial charge on any atom is -0.342 e. The van der Waals surface area contributed by atoms with Gasteiger partial charge in [0.25, 0.3) is 0 Å². The molecule has 0 aromatic heterocycles. The summed E-state index contributed by atoms with van der Waals surface area (Å²) in [6.45, 7) is 5.32. The van der Waals surface area contributed by atoms with Crippen molar-refractivity contribution in [3.63, 3.8) is 0 Å². The summed E-state index contributed by atoms with van der Waals surface area (Å²) in [6.07, 6.45) is 6.00. The van der Waals surface area contributed by atoms with E-state index < -0.39 is 5.54 Å². The summed E-state index contributed by atoms with van der Waals surface area (Å²) in [6, 6.07) is 0.334. The normalized spacial score (nSPS) is 25.0. The van der Waals surface area contributed by atoms with Crippen molar-refractivity contribution in [3.8, 4) is 0 Å². The molecule has 3 N–H and O–H groups in total. The number of guanidine groups is 1. The first-order valence-corrected chi connectivity index (χ1v) is 7.54. The SMILES string of the molecule is CN1CCN(C(=NC2CCCCC2)NN)C(C)(C)C1=O. The summed E-state index contributed by atoms with van der Waals surface area (Å²) in [5, 5.41) is 0. The highest BCUT2D eigenvalue weighted by Gasteiger charge is 2.42. The van der Waals surface area contributed by atoms with Crippen LogP contribution in [0.15, 0.2) is 4.99 Å². The molecule has 2 fully saturated rings. The second-order valence-corrected chi connectivity index (χ2v) is 6.33. The van der Waals surface area contributed by atoms with E-state index in [0.717, 1.165) is 19.4 Å². The van der Waals surface area contributed by atoms with Crippen LogP contribution in [0.4, 0.5) is 0 Å². The number of rotatable bonds is 1. The Bertz CT molecular complexity index is 387. The van der Waals surface area contributed by atoms with E-state index in [9.17, 15) is 4.79 Å². The van der Waals surface area contributed by atoms with Crippen molar-refractivity contribution in [1.29, 1.82) is 0 Å². The molecule has 0 aromatic carbocycles. The number of hydrogen-bond acceptors (Lipinski definition) is 3. The summed E-state index contributed by atoms with van der Waals surface area (Å²) < 4.78 is 0. The number of carbonyl (C=O) groups is 1. The highest BCUT2D eigenvalue weighted by molar-refractivity contribution is 5.92. The summed E-state index contributed by atoms with van der Waals surface area (Å²) in [7, 11) is 1.84. The van der Waals surface area contributed by atoms with Crippen molar-refractivity contribution >= 4 is 11.9 Å². The first-order chi connectivity index (χ1) is 9.46. The van der Waals surface area contributed by atoms with Gasteiger partial charge in [0.1, 0.15) is 5.54 Å². The van der Waals surface area contributed by atoms with Gasteiger partial charge in [-0.15, -0.1) is 0 Å². The van der Waals surface area contributed by atoms with E-state index in [0.29, 0.717) is 18.5 Å². The number of carbonyl (C=O) groups excluding carboxylic acids is 1. The highest BCUT2D eigenvalue weighted by atomic mass is 16.2. The molecule has 6 heteroatoms. The number of nitrogens with two attached hydrogens (primary N) is 1. The lowest BCUT2D eigenvalue weighted by atomic mass is 9.96. The highest BCUT2D eigenvalue weighted by Crippen LogP contribution is 2.24. The minimum absolute atomic E-state index is 0.107. The van der Waals surface area contributed by atoms with E-state index in [1.165, 1.54) is 19.3 Å². The molecule has 6 nitrogen and oxygen atoms in total. The van der Waals surface area contributed by atoms with E-state index in [-0.39, 0.29) is 5.91 Å². The molecule has 0 atom stereocenters. The van der Waals surface area contributed by atoms with Gasteiger partial charge >= 0.3 is 0 Å². The molecule has 0 spiro atoms. The van der Waals surface area contributed by atoms with Gasteiger partial charge in [-0.05, 0) is 26.7 Å². The fraction of sp³-hybridized carbons (Fsp3) is 0.857. The number of amides is 1. The van der Waals surface area contributed by atoms with Gasteiger partial charge in [0.15, 0.2) is 0 Å². The van der Waals surface area contributed by atoms with Crippen molar-refractivity contribution in [3.05, 3.63) is 0 Å². The molecular formula is C14H27N5O. The summed E-state index contributed by atoms with van der Waals surface area (Å²) in [5.41, 5.74) is 2.11. The van der Waals surface area contributed by atoms with Crippen molar-refractivity contribution < 1.29 is 4.79 Å². The molecule has 1 heterocycles. The third-order valence-corrected chi connectivity index (χ3v) is 4.47. The average molecular weight is 281 g/mol. The number of aliphatic imine (C=N–C) groups is 1. The van der Waals surface area contributed by atoms with E-state index in [4.69, 9.17) is 10.8 Å². The zero-order valence-corrected chi connectivity index (χ0v) is 12.9. The van der Waals surface area contributed by atoms with Crippen LogP contribution in [0, 0.1) is 0 Å². The molecule has 0 bridgehead atoms. The van der Waals surface area contributed by atoms with Crippen molar-refractivity contribution in [1.82, 2.24) is 15.2 Å². The van der Waals surface area contributed by atoms with E-state index in [1.54, 1.807) is 4.90 Å². The Balaban J connectivity index is 2.17. The summed E-state index contributed by atoms with van der Waals surface area (Å²) in [4.78, 5) is 20.9. The number of nitrogens with one attached hydrogen (secondary N) is 1. The largest absolute Gasteiger partial charge is 0.342 e. The molecule has 1 saturated carbocycles. The van der Waals surface area contributed by atoms with Crippen LogP contribution in [0.25, 0.3) is 0 Å². The summed E-state index contributed by atoms with van der Waals surface area (Å²) in [5.74, 6) is 6.44. The first kappa shape index (κ1) is 15.1. The van der Waals surface area contributed by atoms with Crippen molar-refractivity contribution in [2.45, 2.75) is 57.5 Å². The van der Waals surface area contributed by atoms with Gasteiger partial charge in [0.05, 0.1) is 6.04 Å². The van der Waals surface area contributed by atoms with Crippen LogP contribution in [0.5, 0.6) is 0 Å². The second-order valence-electron chi connectivity index (χ2n) is 6.33. The Morgan fingerprint density at radius 3 is 2.55 bits per heavy atom. The number of likely N-dealkylation sites (N-methyl/N-ethyl adjacent to an activating group) is 1. The molecule has 114 valence electrons. The van der Waals surface area contributed by atoms with Gasteiger partial charge in [-0.3, -0.25) is 10.2 Å². The molecule has 2 rings (SSSR count). The van der Waals surface area contributed by atoms with Gasteiger partial charge in [0.2, 0.25) is 11.9 Å². The third-order valence-electron chi connectivity index (χ3n) is 4.47.